The third-order valence-electron chi connectivity index (χ3n) is 4.64. The molecular weight excluding hydrogens is 312 g/mol. The van der Waals surface area contributed by atoms with Crippen LogP contribution in [0.5, 0.6) is 0 Å². The first-order valence-electron chi connectivity index (χ1n) is 9.02. The molecule has 0 radical (unpaired) electrons. The first kappa shape index (κ1) is 17.4. The number of aryl methyl sites for hydroxylation is 2. The number of carbonyl (C=O) groups is 1. The Balaban J connectivity index is 1.52. The number of hydrogen-bond donors (Lipinski definition) is 0. The molecule has 132 valence electrons. The van der Waals surface area contributed by atoms with Crippen LogP contribution in [0, 0.1) is 13.8 Å². The van der Waals surface area contributed by atoms with Gasteiger partial charge in [0.1, 0.15) is 11.6 Å². The third-order valence-corrected chi connectivity index (χ3v) is 4.64. The third kappa shape index (κ3) is 4.56. The molecule has 2 heterocycles. The number of benzene rings is 1. The van der Waals surface area contributed by atoms with Crippen LogP contribution in [0.15, 0.2) is 36.4 Å². The number of amides is 1. The molecule has 0 spiro atoms. The molecule has 1 aliphatic heterocycles. The molecule has 5 heteroatoms. The summed E-state index contributed by atoms with van der Waals surface area (Å²) in [6.07, 6.45) is 7.57. The molecule has 0 N–H and O–H groups in total. The van der Waals surface area contributed by atoms with Crippen LogP contribution in [0.4, 0.5) is 0 Å². The number of hydrogen-bond acceptors (Lipinski definition) is 3. The van der Waals surface area contributed by atoms with E-state index in [4.69, 9.17) is 0 Å². The Morgan fingerprint density at radius 2 is 2.08 bits per heavy atom. The lowest BCUT2D eigenvalue weighted by molar-refractivity contribution is -0.132. The SMILES string of the molecule is Cc1nc(C)n(C2CCCN(C(=O)CCC=Cc3ccccc3)C2)n1. The van der Waals surface area contributed by atoms with Crippen molar-refractivity contribution in [3.8, 4) is 0 Å². The number of rotatable bonds is 5. The van der Waals surface area contributed by atoms with Gasteiger partial charge in [-0.2, -0.15) is 5.10 Å². The molecule has 25 heavy (non-hydrogen) atoms. The summed E-state index contributed by atoms with van der Waals surface area (Å²) in [6, 6.07) is 10.4. The lowest BCUT2D eigenvalue weighted by Gasteiger charge is -2.33. The first-order valence-corrected chi connectivity index (χ1v) is 9.02. The molecule has 1 atom stereocenters. The summed E-state index contributed by atoms with van der Waals surface area (Å²) in [5.74, 6) is 1.96. The highest BCUT2D eigenvalue weighted by Gasteiger charge is 2.26. The van der Waals surface area contributed by atoms with E-state index in [9.17, 15) is 4.79 Å². The molecule has 1 saturated heterocycles. The van der Waals surface area contributed by atoms with Gasteiger partial charge in [-0.25, -0.2) is 9.67 Å². The van der Waals surface area contributed by atoms with Gasteiger partial charge in [0.25, 0.3) is 0 Å². The number of allylic oxidation sites excluding steroid dienone is 1. The molecule has 5 nitrogen and oxygen atoms in total. The minimum absolute atomic E-state index is 0.233. The van der Waals surface area contributed by atoms with E-state index in [0.29, 0.717) is 6.42 Å². The molecule has 0 saturated carbocycles. The zero-order chi connectivity index (χ0) is 17.6. The summed E-state index contributed by atoms with van der Waals surface area (Å²) in [6.45, 7) is 5.48. The number of likely N-dealkylation sites (tertiary alicyclic amines) is 1. The standard InChI is InChI=1S/C20H26N4O/c1-16-21-17(2)24(22-16)19-12-8-14-23(15-19)20(25)13-7-6-11-18-9-4-3-5-10-18/h3-6,9-11,19H,7-8,12-15H2,1-2H3. The number of piperidine rings is 1. The average molecular weight is 338 g/mol. The van der Waals surface area contributed by atoms with Crippen molar-refractivity contribution in [2.75, 3.05) is 13.1 Å². The van der Waals surface area contributed by atoms with Crippen LogP contribution in [0.25, 0.3) is 6.08 Å². The summed E-state index contributed by atoms with van der Waals surface area (Å²) < 4.78 is 1.99. The molecule has 3 rings (SSSR count). The normalized spacial score (nSPS) is 18.0. The van der Waals surface area contributed by atoms with Crippen molar-refractivity contribution < 1.29 is 4.79 Å². The zero-order valence-electron chi connectivity index (χ0n) is 15.1. The highest BCUT2D eigenvalue weighted by atomic mass is 16.2. The summed E-state index contributed by atoms with van der Waals surface area (Å²) in [5, 5.41) is 4.49. The fraction of sp³-hybridized carbons (Fsp3) is 0.450. The average Bonchev–Trinajstić information content (AvgIpc) is 2.98. The van der Waals surface area contributed by atoms with Gasteiger partial charge in [0, 0.05) is 19.5 Å². The van der Waals surface area contributed by atoms with Gasteiger partial charge in [-0.3, -0.25) is 4.79 Å². The van der Waals surface area contributed by atoms with Crippen molar-refractivity contribution in [1.29, 1.82) is 0 Å². The van der Waals surface area contributed by atoms with Crippen LogP contribution < -0.4 is 0 Å². The molecule has 1 fully saturated rings. The largest absolute Gasteiger partial charge is 0.341 e. The van der Waals surface area contributed by atoms with E-state index >= 15 is 0 Å². The van der Waals surface area contributed by atoms with Gasteiger partial charge in [-0.1, -0.05) is 42.5 Å². The van der Waals surface area contributed by atoms with E-state index in [-0.39, 0.29) is 11.9 Å². The molecular formula is C20H26N4O. The molecule has 1 aliphatic rings. The summed E-state index contributed by atoms with van der Waals surface area (Å²) >= 11 is 0. The quantitative estimate of drug-likeness (QED) is 0.838. The van der Waals surface area contributed by atoms with Gasteiger partial charge in [0.2, 0.25) is 5.91 Å². The minimum Gasteiger partial charge on any atom is -0.341 e. The Labute approximate surface area is 149 Å². The van der Waals surface area contributed by atoms with Crippen molar-refractivity contribution in [3.63, 3.8) is 0 Å². The monoisotopic (exact) mass is 338 g/mol. The molecule has 0 aliphatic carbocycles. The molecule has 1 aromatic heterocycles. The molecule has 1 aromatic carbocycles. The molecule has 1 amide bonds. The smallest absolute Gasteiger partial charge is 0.222 e. The number of nitrogens with zero attached hydrogens (tertiary/aromatic N) is 4. The van der Waals surface area contributed by atoms with Crippen LogP contribution in [0.1, 0.15) is 48.9 Å². The van der Waals surface area contributed by atoms with E-state index in [1.165, 1.54) is 5.56 Å². The van der Waals surface area contributed by atoms with E-state index in [0.717, 1.165) is 44.0 Å². The van der Waals surface area contributed by atoms with Crippen LogP contribution in [0.3, 0.4) is 0 Å². The van der Waals surface area contributed by atoms with Gasteiger partial charge >= 0.3 is 0 Å². The summed E-state index contributed by atoms with van der Waals surface area (Å²) in [4.78, 5) is 18.9. The first-order chi connectivity index (χ1) is 12.1. The summed E-state index contributed by atoms with van der Waals surface area (Å²) in [7, 11) is 0. The van der Waals surface area contributed by atoms with Gasteiger partial charge in [0.05, 0.1) is 6.04 Å². The van der Waals surface area contributed by atoms with E-state index in [1.807, 2.05) is 41.6 Å². The Hall–Kier alpha value is -2.43. The Bertz CT molecular complexity index is 735. The highest BCUT2D eigenvalue weighted by Crippen LogP contribution is 2.22. The fourth-order valence-corrected chi connectivity index (χ4v) is 3.41. The van der Waals surface area contributed by atoms with Crippen molar-refractivity contribution in [2.24, 2.45) is 0 Å². The molecule has 2 aromatic rings. The number of carbonyl (C=O) groups excluding carboxylic acids is 1. The van der Waals surface area contributed by atoms with Crippen LogP contribution in [-0.2, 0) is 4.79 Å². The maximum atomic E-state index is 12.5. The fourth-order valence-electron chi connectivity index (χ4n) is 3.41. The predicted molar refractivity (Wildman–Crippen MR) is 99.1 cm³/mol. The predicted octanol–water partition coefficient (Wildman–Crippen LogP) is 3.55. The topological polar surface area (TPSA) is 51.0 Å². The lowest BCUT2D eigenvalue weighted by atomic mass is 10.0. The van der Waals surface area contributed by atoms with Crippen molar-refractivity contribution in [3.05, 3.63) is 53.6 Å². The maximum absolute atomic E-state index is 12.5. The van der Waals surface area contributed by atoms with Gasteiger partial charge in [0.15, 0.2) is 0 Å². The molecule has 1 unspecified atom stereocenters. The highest BCUT2D eigenvalue weighted by molar-refractivity contribution is 5.76. The maximum Gasteiger partial charge on any atom is 0.222 e. The van der Waals surface area contributed by atoms with Crippen LogP contribution in [-0.4, -0.2) is 38.7 Å². The van der Waals surface area contributed by atoms with E-state index in [2.05, 4.69) is 34.4 Å². The lowest BCUT2D eigenvalue weighted by Crippen LogP contribution is -2.41. The second-order valence-corrected chi connectivity index (χ2v) is 6.64. The van der Waals surface area contributed by atoms with Gasteiger partial charge in [-0.15, -0.1) is 0 Å². The van der Waals surface area contributed by atoms with Crippen molar-refractivity contribution in [1.82, 2.24) is 19.7 Å². The van der Waals surface area contributed by atoms with Gasteiger partial charge in [-0.05, 0) is 38.7 Å². The second-order valence-electron chi connectivity index (χ2n) is 6.64. The Morgan fingerprint density at radius 1 is 1.28 bits per heavy atom. The van der Waals surface area contributed by atoms with Crippen LogP contribution in [0.2, 0.25) is 0 Å². The van der Waals surface area contributed by atoms with E-state index < -0.39 is 0 Å². The zero-order valence-corrected chi connectivity index (χ0v) is 15.1. The molecule has 0 bridgehead atoms. The second kappa shape index (κ2) is 8.10. The van der Waals surface area contributed by atoms with Crippen LogP contribution >= 0.6 is 0 Å². The summed E-state index contributed by atoms with van der Waals surface area (Å²) in [5.41, 5.74) is 1.17. The van der Waals surface area contributed by atoms with Crippen molar-refractivity contribution in [2.45, 2.75) is 45.6 Å². The Morgan fingerprint density at radius 3 is 2.80 bits per heavy atom. The number of aromatic nitrogens is 3. The van der Waals surface area contributed by atoms with E-state index in [1.54, 1.807) is 0 Å². The Kier molecular flexibility index (Phi) is 5.64. The minimum atomic E-state index is 0.233. The van der Waals surface area contributed by atoms with Crippen molar-refractivity contribution >= 4 is 12.0 Å². The van der Waals surface area contributed by atoms with Gasteiger partial charge < -0.3 is 4.90 Å².